The Kier molecular flexibility index (Phi) is 4.50. The Morgan fingerprint density at radius 1 is 1.55 bits per heavy atom. The highest BCUT2D eigenvalue weighted by molar-refractivity contribution is 5.96. The minimum Gasteiger partial charge on any atom is -0.344 e. The maximum atomic E-state index is 13.0. The Hall–Kier alpha value is -2.77. The molecule has 0 unspecified atom stereocenters. The van der Waals surface area contributed by atoms with Crippen LogP contribution in [0, 0.1) is 15.9 Å². The fourth-order valence-electron chi connectivity index (χ4n) is 2.16. The minimum absolute atomic E-state index is 0.108. The number of carbonyl (C=O) groups is 2. The summed E-state index contributed by atoms with van der Waals surface area (Å²) in [5.74, 6) is -1.44. The third kappa shape index (κ3) is 3.46. The number of halogens is 1. The number of carbonyl (C=O) groups excluding carboxylic acids is 2. The lowest BCUT2D eigenvalue weighted by molar-refractivity contribution is -0.385. The molecule has 0 aromatic heterocycles. The lowest BCUT2D eigenvalue weighted by Crippen LogP contribution is -2.39. The summed E-state index contributed by atoms with van der Waals surface area (Å²) in [4.78, 5) is 35.0. The van der Waals surface area contributed by atoms with Crippen LogP contribution in [0.25, 0.3) is 6.08 Å². The zero-order chi connectivity index (χ0) is 16.3. The van der Waals surface area contributed by atoms with E-state index in [0.29, 0.717) is 13.0 Å². The molecule has 0 radical (unpaired) electrons. The van der Waals surface area contributed by atoms with E-state index in [2.05, 4.69) is 5.32 Å². The Labute approximate surface area is 125 Å². The van der Waals surface area contributed by atoms with E-state index in [1.54, 1.807) is 7.05 Å². The second-order valence-electron chi connectivity index (χ2n) is 4.90. The van der Waals surface area contributed by atoms with Crippen molar-refractivity contribution >= 4 is 23.6 Å². The molecule has 2 amide bonds. The monoisotopic (exact) mass is 307 g/mol. The molecule has 2 rings (SSSR count). The molecule has 1 N–H and O–H groups in total. The molecule has 1 saturated heterocycles. The maximum absolute atomic E-state index is 13.0. The van der Waals surface area contributed by atoms with E-state index in [1.807, 2.05) is 0 Å². The molecule has 22 heavy (non-hydrogen) atoms. The van der Waals surface area contributed by atoms with Crippen LogP contribution in [0.15, 0.2) is 24.3 Å². The number of nitrogens with zero attached hydrogens (tertiary/aromatic N) is 2. The number of nitrogens with one attached hydrogen (secondary N) is 1. The van der Waals surface area contributed by atoms with Crippen molar-refractivity contribution in [2.75, 3.05) is 13.6 Å². The molecule has 1 fully saturated rings. The lowest BCUT2D eigenvalue weighted by atomic mass is 10.1. The van der Waals surface area contributed by atoms with Crippen molar-refractivity contribution in [3.8, 4) is 0 Å². The predicted molar refractivity (Wildman–Crippen MR) is 76.3 cm³/mol. The third-order valence-electron chi connectivity index (χ3n) is 3.35. The van der Waals surface area contributed by atoms with E-state index in [0.717, 1.165) is 18.2 Å². The van der Waals surface area contributed by atoms with Crippen LogP contribution < -0.4 is 5.32 Å². The van der Waals surface area contributed by atoms with Gasteiger partial charge in [-0.05, 0) is 24.6 Å². The van der Waals surface area contributed by atoms with Crippen LogP contribution in [0.1, 0.15) is 12.0 Å². The van der Waals surface area contributed by atoms with E-state index >= 15 is 0 Å². The van der Waals surface area contributed by atoms with Crippen LogP contribution in [0.4, 0.5) is 10.1 Å². The van der Waals surface area contributed by atoms with Gasteiger partial charge in [0.1, 0.15) is 11.9 Å². The zero-order valence-corrected chi connectivity index (χ0v) is 11.8. The first kappa shape index (κ1) is 15.6. The van der Waals surface area contributed by atoms with Gasteiger partial charge >= 0.3 is 0 Å². The smallest absolute Gasteiger partial charge is 0.279 e. The average molecular weight is 307 g/mol. The van der Waals surface area contributed by atoms with Gasteiger partial charge in [0.15, 0.2) is 0 Å². The highest BCUT2D eigenvalue weighted by Gasteiger charge is 2.29. The molecular formula is C14H14FN3O4. The van der Waals surface area contributed by atoms with Gasteiger partial charge in [-0.25, -0.2) is 4.39 Å². The van der Waals surface area contributed by atoms with E-state index in [4.69, 9.17) is 0 Å². The van der Waals surface area contributed by atoms with Crippen molar-refractivity contribution in [2.24, 2.45) is 0 Å². The van der Waals surface area contributed by atoms with Crippen LogP contribution in [0.3, 0.4) is 0 Å². The zero-order valence-electron chi connectivity index (χ0n) is 11.8. The molecule has 1 aromatic rings. The first-order valence-electron chi connectivity index (χ1n) is 6.56. The number of amides is 2. The van der Waals surface area contributed by atoms with Crippen molar-refractivity contribution in [3.05, 3.63) is 45.8 Å². The fourth-order valence-corrected chi connectivity index (χ4v) is 2.16. The second-order valence-corrected chi connectivity index (χ2v) is 4.90. The van der Waals surface area contributed by atoms with Gasteiger partial charge in [-0.1, -0.05) is 0 Å². The lowest BCUT2D eigenvalue weighted by Gasteiger charge is -2.10. The number of nitro groups is 1. The second kappa shape index (κ2) is 6.33. The van der Waals surface area contributed by atoms with Gasteiger partial charge in [-0.2, -0.15) is 0 Å². The van der Waals surface area contributed by atoms with Crippen molar-refractivity contribution in [3.63, 3.8) is 0 Å². The molecule has 0 saturated carbocycles. The third-order valence-corrected chi connectivity index (χ3v) is 3.35. The summed E-state index contributed by atoms with van der Waals surface area (Å²) >= 11 is 0. The number of hydrogen-bond donors (Lipinski definition) is 1. The Morgan fingerprint density at radius 2 is 2.27 bits per heavy atom. The van der Waals surface area contributed by atoms with Gasteiger partial charge in [0, 0.05) is 19.7 Å². The van der Waals surface area contributed by atoms with E-state index in [9.17, 15) is 24.1 Å². The maximum Gasteiger partial charge on any atom is 0.279 e. The first-order chi connectivity index (χ1) is 10.4. The molecule has 1 aliphatic rings. The van der Waals surface area contributed by atoms with Crippen LogP contribution in [0.2, 0.25) is 0 Å². The molecule has 116 valence electrons. The topological polar surface area (TPSA) is 92.6 Å². The molecule has 0 bridgehead atoms. The molecule has 1 aliphatic heterocycles. The Morgan fingerprint density at radius 3 is 2.86 bits per heavy atom. The van der Waals surface area contributed by atoms with Crippen molar-refractivity contribution in [1.82, 2.24) is 10.2 Å². The largest absolute Gasteiger partial charge is 0.344 e. The highest BCUT2D eigenvalue weighted by atomic mass is 19.1. The highest BCUT2D eigenvalue weighted by Crippen LogP contribution is 2.21. The van der Waals surface area contributed by atoms with Crippen LogP contribution in [0.5, 0.6) is 0 Å². The quantitative estimate of drug-likeness (QED) is 0.512. The van der Waals surface area contributed by atoms with Crippen molar-refractivity contribution < 1.29 is 18.9 Å². The molecule has 7 nitrogen and oxygen atoms in total. The number of likely N-dealkylation sites (N-methyl/N-ethyl adjacent to an activating group) is 1. The normalized spacial score (nSPS) is 18.0. The van der Waals surface area contributed by atoms with Crippen LogP contribution in [-0.4, -0.2) is 41.3 Å². The molecule has 0 spiro atoms. The summed E-state index contributed by atoms with van der Waals surface area (Å²) < 4.78 is 13.0. The SMILES string of the molecule is CN1CC[C@@H](NC(=O)/C=C\c2ccc(F)cc2[N+](=O)[O-])C1=O. The van der Waals surface area contributed by atoms with E-state index in [-0.39, 0.29) is 11.5 Å². The minimum atomic E-state index is -0.729. The Balaban J connectivity index is 2.07. The summed E-state index contributed by atoms with van der Waals surface area (Å²) in [5.41, 5.74) is -0.322. The summed E-state index contributed by atoms with van der Waals surface area (Å²) in [6, 6.07) is 2.49. The van der Waals surface area contributed by atoms with Crippen LogP contribution in [-0.2, 0) is 9.59 Å². The van der Waals surface area contributed by atoms with Gasteiger partial charge in [0.2, 0.25) is 11.8 Å². The van der Waals surface area contributed by atoms with Gasteiger partial charge in [-0.15, -0.1) is 0 Å². The van der Waals surface area contributed by atoms with Crippen molar-refractivity contribution in [1.29, 1.82) is 0 Å². The summed E-state index contributed by atoms with van der Waals surface area (Å²) in [5, 5.41) is 13.4. The van der Waals surface area contributed by atoms with Gasteiger partial charge in [0.25, 0.3) is 5.69 Å². The van der Waals surface area contributed by atoms with E-state index < -0.39 is 28.4 Å². The van der Waals surface area contributed by atoms with Gasteiger partial charge < -0.3 is 10.2 Å². The number of benzene rings is 1. The molecule has 1 atom stereocenters. The summed E-state index contributed by atoms with van der Waals surface area (Å²) in [6.45, 7) is 0.566. The molecular weight excluding hydrogens is 293 g/mol. The molecule has 1 heterocycles. The molecule has 1 aromatic carbocycles. The fraction of sp³-hybridized carbons (Fsp3) is 0.286. The molecule has 8 heteroatoms. The summed E-state index contributed by atoms with van der Waals surface area (Å²) in [7, 11) is 1.65. The predicted octanol–water partition coefficient (Wildman–Crippen LogP) is 1.09. The molecule has 0 aliphatic carbocycles. The average Bonchev–Trinajstić information content (AvgIpc) is 2.78. The number of likely N-dealkylation sites (tertiary alicyclic amines) is 1. The van der Waals surface area contributed by atoms with Gasteiger partial charge in [0.05, 0.1) is 16.6 Å². The standard InChI is InChI=1S/C14H14FN3O4/c1-17-7-6-11(14(17)20)16-13(19)5-3-9-2-4-10(15)8-12(9)18(21)22/h2-5,8,11H,6-7H2,1H3,(H,16,19)/b5-3-/t11-/m1/s1. The summed E-state index contributed by atoms with van der Waals surface area (Å²) in [6.07, 6.45) is 2.83. The first-order valence-corrected chi connectivity index (χ1v) is 6.56. The number of rotatable bonds is 4. The van der Waals surface area contributed by atoms with Crippen LogP contribution >= 0.6 is 0 Å². The number of hydrogen-bond acceptors (Lipinski definition) is 4. The van der Waals surface area contributed by atoms with E-state index in [1.165, 1.54) is 17.0 Å². The number of nitro benzene ring substituents is 1. The Bertz CT molecular complexity index is 659. The van der Waals surface area contributed by atoms with Crippen molar-refractivity contribution in [2.45, 2.75) is 12.5 Å². The van der Waals surface area contributed by atoms with Gasteiger partial charge in [-0.3, -0.25) is 19.7 Å².